The summed E-state index contributed by atoms with van der Waals surface area (Å²) < 4.78 is 68.3. The summed E-state index contributed by atoms with van der Waals surface area (Å²) in [5.74, 6) is 0.891. The van der Waals surface area contributed by atoms with Crippen LogP contribution in [-0.2, 0) is 65.4 Å². The van der Waals surface area contributed by atoms with Crippen LogP contribution in [0.25, 0.3) is 0 Å². The van der Waals surface area contributed by atoms with E-state index in [9.17, 15) is 43.2 Å². The molecule has 0 bridgehead atoms. The zero-order valence-electron chi connectivity index (χ0n) is 58.1. The van der Waals surface area contributed by atoms with Crippen LogP contribution >= 0.6 is 15.6 Å². The number of hydrogen-bond donors (Lipinski definition) is 3. The second-order valence-corrected chi connectivity index (χ2v) is 29.6. The summed E-state index contributed by atoms with van der Waals surface area (Å²) in [6.07, 6.45) is 41.7. The van der Waals surface area contributed by atoms with Gasteiger partial charge < -0.3 is 33.8 Å². The zero-order valence-corrected chi connectivity index (χ0v) is 59.8. The van der Waals surface area contributed by atoms with Crippen molar-refractivity contribution in [3.8, 4) is 0 Å². The smallest absolute Gasteiger partial charge is 0.462 e. The van der Waals surface area contributed by atoms with Crippen molar-refractivity contribution in [3.05, 3.63) is 0 Å². The number of carbonyl (C=O) groups excluding carboxylic acids is 4. The molecule has 0 rings (SSSR count). The molecule has 0 aromatic carbocycles. The van der Waals surface area contributed by atoms with Crippen LogP contribution in [0.15, 0.2) is 0 Å². The minimum Gasteiger partial charge on any atom is -0.462 e. The van der Waals surface area contributed by atoms with E-state index in [1.807, 2.05) is 0 Å². The van der Waals surface area contributed by atoms with E-state index >= 15 is 0 Å². The molecule has 0 radical (unpaired) electrons. The topological polar surface area (TPSA) is 237 Å². The van der Waals surface area contributed by atoms with Crippen LogP contribution in [0.2, 0.25) is 0 Å². The maximum absolute atomic E-state index is 13.0. The summed E-state index contributed by atoms with van der Waals surface area (Å²) >= 11 is 0. The summed E-state index contributed by atoms with van der Waals surface area (Å²) in [6.45, 7) is 14.1. The van der Waals surface area contributed by atoms with Gasteiger partial charge in [0.25, 0.3) is 0 Å². The van der Waals surface area contributed by atoms with Crippen molar-refractivity contribution in [3.63, 3.8) is 0 Å². The summed E-state index contributed by atoms with van der Waals surface area (Å²) in [4.78, 5) is 72.5. The second-order valence-electron chi connectivity index (χ2n) is 26.7. The standard InChI is InChI=1S/C70H136O17P2/c1-9-62(7)48-40-32-23-17-14-15-19-26-36-44-52-69(74)86-66(57-81-68(73)51-43-35-29-28-31-39-47-61(5)6)59-85-89(78,79)83-55-64(71)54-82-88(76,77)84-58-65(87-70(75)53-45-37-27-21-20-24-33-41-49-63(8)10-2)56-80-67(72)50-42-34-25-18-13-11-12-16-22-30-38-46-60(3)4/h60-66,71H,9-59H2,1-8H3,(H,76,77)(H,78,79)/t62?,63?,64-,65-,66-/m1/s1. The van der Waals surface area contributed by atoms with E-state index in [-0.39, 0.29) is 25.7 Å². The van der Waals surface area contributed by atoms with Gasteiger partial charge in [-0.15, -0.1) is 0 Å². The van der Waals surface area contributed by atoms with E-state index in [0.29, 0.717) is 31.6 Å². The molecule has 4 unspecified atom stereocenters. The van der Waals surface area contributed by atoms with Crippen molar-refractivity contribution < 1.29 is 80.2 Å². The van der Waals surface area contributed by atoms with Gasteiger partial charge in [-0.3, -0.25) is 37.3 Å². The Morgan fingerprint density at radius 1 is 0.315 bits per heavy atom. The molecule has 0 amide bonds. The molecule has 0 aliphatic heterocycles. The number of phosphoric acid groups is 2. The average molecular weight is 1310 g/mol. The van der Waals surface area contributed by atoms with E-state index in [2.05, 4.69) is 55.4 Å². The third-order valence-corrected chi connectivity index (χ3v) is 18.7. The Hall–Kier alpha value is -1.94. The van der Waals surface area contributed by atoms with Crippen LogP contribution in [-0.4, -0.2) is 96.7 Å². The Morgan fingerprint density at radius 3 is 0.798 bits per heavy atom. The molecule has 0 aliphatic rings. The number of aliphatic hydroxyl groups is 1. The number of hydrogen-bond acceptors (Lipinski definition) is 15. The highest BCUT2D eigenvalue weighted by atomic mass is 31.2. The Bertz CT molecular complexity index is 1770. The number of phosphoric ester groups is 2. The number of unbranched alkanes of at least 4 members (excludes halogenated alkanes) is 31. The molecule has 0 heterocycles. The number of esters is 4. The fourth-order valence-corrected chi connectivity index (χ4v) is 12.0. The number of carbonyl (C=O) groups is 4. The fourth-order valence-electron chi connectivity index (χ4n) is 10.4. The molecule has 0 saturated heterocycles. The second kappa shape index (κ2) is 59.8. The van der Waals surface area contributed by atoms with Crippen LogP contribution in [0, 0.1) is 23.7 Å². The van der Waals surface area contributed by atoms with Gasteiger partial charge in [0.2, 0.25) is 0 Å². The molecule has 0 aliphatic carbocycles. The highest BCUT2D eigenvalue weighted by Gasteiger charge is 2.30. The molecule has 17 nitrogen and oxygen atoms in total. The predicted octanol–water partition coefficient (Wildman–Crippen LogP) is 19.7. The van der Waals surface area contributed by atoms with Crippen LogP contribution in [0.5, 0.6) is 0 Å². The third-order valence-electron chi connectivity index (χ3n) is 16.8. The molecule has 528 valence electrons. The molecule has 89 heavy (non-hydrogen) atoms. The SMILES string of the molecule is CCC(C)CCCCCCCCCCCCC(=O)O[C@H](COC(=O)CCCCCCCCC(C)C)COP(=O)(O)OC[C@H](O)COP(=O)(O)OC[C@@H](COC(=O)CCCCCCCCCCCCCC(C)C)OC(=O)CCCCCCCCCCC(C)CC. The van der Waals surface area contributed by atoms with Gasteiger partial charge in [-0.2, -0.15) is 0 Å². The molecular formula is C70H136O17P2. The van der Waals surface area contributed by atoms with Crippen LogP contribution in [0.3, 0.4) is 0 Å². The van der Waals surface area contributed by atoms with Crippen molar-refractivity contribution >= 4 is 39.5 Å². The zero-order chi connectivity index (χ0) is 66.1. The lowest BCUT2D eigenvalue weighted by Crippen LogP contribution is -2.30. The van der Waals surface area contributed by atoms with E-state index in [1.54, 1.807) is 0 Å². The summed E-state index contributed by atoms with van der Waals surface area (Å²) in [7, 11) is -9.90. The lowest BCUT2D eigenvalue weighted by Gasteiger charge is -2.21. The monoisotopic (exact) mass is 1310 g/mol. The van der Waals surface area contributed by atoms with E-state index in [0.717, 1.165) is 114 Å². The molecule has 19 heteroatoms. The van der Waals surface area contributed by atoms with Crippen molar-refractivity contribution in [1.82, 2.24) is 0 Å². The first-order chi connectivity index (χ1) is 42.7. The van der Waals surface area contributed by atoms with Crippen molar-refractivity contribution in [2.75, 3.05) is 39.6 Å². The normalized spacial score (nSPS) is 14.9. The van der Waals surface area contributed by atoms with Crippen LogP contribution in [0.4, 0.5) is 0 Å². The van der Waals surface area contributed by atoms with Gasteiger partial charge in [-0.1, -0.05) is 293 Å². The Balaban J connectivity index is 5.25. The third kappa shape index (κ3) is 62.0. The van der Waals surface area contributed by atoms with E-state index < -0.39 is 97.5 Å². The first-order valence-electron chi connectivity index (χ1n) is 36.3. The average Bonchev–Trinajstić information content (AvgIpc) is 3.69. The van der Waals surface area contributed by atoms with Gasteiger partial charge in [0.15, 0.2) is 12.2 Å². The maximum Gasteiger partial charge on any atom is 0.472 e. The minimum absolute atomic E-state index is 0.104. The molecule has 7 atom stereocenters. The molecule has 0 aromatic rings. The number of rotatable bonds is 67. The van der Waals surface area contributed by atoms with Gasteiger partial charge >= 0.3 is 39.5 Å². The summed E-state index contributed by atoms with van der Waals surface area (Å²) in [5.41, 5.74) is 0. The van der Waals surface area contributed by atoms with E-state index in [1.165, 1.54) is 141 Å². The van der Waals surface area contributed by atoms with Gasteiger partial charge in [0.05, 0.1) is 26.4 Å². The van der Waals surface area contributed by atoms with Gasteiger partial charge in [0.1, 0.15) is 19.3 Å². The highest BCUT2D eigenvalue weighted by Crippen LogP contribution is 2.45. The largest absolute Gasteiger partial charge is 0.472 e. The quantitative estimate of drug-likeness (QED) is 0.0222. The molecule has 0 saturated carbocycles. The minimum atomic E-state index is -4.95. The fraction of sp³-hybridized carbons (Fsp3) is 0.943. The van der Waals surface area contributed by atoms with E-state index in [4.69, 9.17) is 37.0 Å². The number of ether oxygens (including phenoxy) is 4. The van der Waals surface area contributed by atoms with Gasteiger partial charge in [-0.05, 0) is 49.4 Å². The Morgan fingerprint density at radius 2 is 0.539 bits per heavy atom. The molecule has 0 aromatic heterocycles. The predicted molar refractivity (Wildman–Crippen MR) is 358 cm³/mol. The van der Waals surface area contributed by atoms with Crippen LogP contribution in [0.1, 0.15) is 344 Å². The molecular weight excluding hydrogens is 1170 g/mol. The van der Waals surface area contributed by atoms with Gasteiger partial charge in [-0.25, -0.2) is 9.13 Å². The lowest BCUT2D eigenvalue weighted by molar-refractivity contribution is -0.161. The maximum atomic E-state index is 13.0. The molecule has 0 fully saturated rings. The number of aliphatic hydroxyl groups excluding tert-OH is 1. The van der Waals surface area contributed by atoms with Crippen molar-refractivity contribution in [2.24, 2.45) is 23.7 Å². The molecule has 3 N–H and O–H groups in total. The van der Waals surface area contributed by atoms with Crippen molar-refractivity contribution in [2.45, 2.75) is 363 Å². The lowest BCUT2D eigenvalue weighted by atomic mass is 9.99. The Labute approximate surface area is 543 Å². The highest BCUT2D eigenvalue weighted by molar-refractivity contribution is 7.47. The first kappa shape index (κ1) is 87.1. The first-order valence-corrected chi connectivity index (χ1v) is 39.3. The summed E-state index contributed by atoms with van der Waals surface area (Å²) in [5, 5.41) is 10.6. The summed E-state index contributed by atoms with van der Waals surface area (Å²) in [6, 6.07) is 0. The van der Waals surface area contributed by atoms with Crippen LogP contribution < -0.4 is 0 Å². The van der Waals surface area contributed by atoms with Crippen molar-refractivity contribution in [1.29, 1.82) is 0 Å². The molecule has 0 spiro atoms. The van der Waals surface area contributed by atoms with Gasteiger partial charge in [0, 0.05) is 25.7 Å². The Kier molecular flexibility index (Phi) is 58.5.